The number of hydrogen-bond donors (Lipinski definition) is 2. The van der Waals surface area contributed by atoms with Crippen molar-refractivity contribution in [2.75, 3.05) is 11.9 Å². The number of nitrogens with one attached hydrogen (secondary N) is 2. The molecule has 1 saturated carbocycles. The van der Waals surface area contributed by atoms with Crippen molar-refractivity contribution in [1.82, 2.24) is 5.32 Å². The van der Waals surface area contributed by atoms with Gasteiger partial charge in [-0.1, -0.05) is 19.8 Å². The summed E-state index contributed by atoms with van der Waals surface area (Å²) >= 11 is 0. The van der Waals surface area contributed by atoms with Crippen LogP contribution in [0.3, 0.4) is 0 Å². The number of rotatable bonds is 4. The maximum absolute atomic E-state index is 12.4. The maximum Gasteiger partial charge on any atom is 0.176 e. The van der Waals surface area contributed by atoms with Crippen molar-refractivity contribution in [3.63, 3.8) is 0 Å². The summed E-state index contributed by atoms with van der Waals surface area (Å²) in [5.74, 6) is 0.909. The molecule has 1 aromatic carbocycles. The Morgan fingerprint density at radius 1 is 1.29 bits per heavy atom. The highest BCUT2D eigenvalue weighted by atomic mass is 16.1. The van der Waals surface area contributed by atoms with E-state index in [9.17, 15) is 4.79 Å². The molecule has 3 heteroatoms. The van der Waals surface area contributed by atoms with E-state index in [-0.39, 0.29) is 5.78 Å². The average molecular weight is 286 g/mol. The van der Waals surface area contributed by atoms with E-state index in [0.29, 0.717) is 24.5 Å². The second kappa shape index (κ2) is 6.18. The van der Waals surface area contributed by atoms with Crippen LogP contribution in [0, 0.1) is 5.92 Å². The molecular weight excluding hydrogens is 260 g/mol. The molecule has 1 aliphatic heterocycles. The highest BCUT2D eigenvalue weighted by Crippen LogP contribution is 2.27. The lowest BCUT2D eigenvalue weighted by Gasteiger charge is -2.29. The lowest BCUT2D eigenvalue weighted by molar-refractivity contribution is 0.0980. The molecule has 3 unspecified atom stereocenters. The molecule has 3 nitrogen and oxygen atoms in total. The van der Waals surface area contributed by atoms with E-state index in [4.69, 9.17) is 0 Å². The first-order valence-electron chi connectivity index (χ1n) is 8.29. The molecule has 2 N–H and O–H groups in total. The van der Waals surface area contributed by atoms with Crippen molar-refractivity contribution < 1.29 is 4.79 Å². The van der Waals surface area contributed by atoms with Crippen LogP contribution >= 0.6 is 0 Å². The topological polar surface area (TPSA) is 41.1 Å². The van der Waals surface area contributed by atoms with Gasteiger partial charge in [-0.25, -0.2) is 0 Å². The first kappa shape index (κ1) is 14.6. The van der Waals surface area contributed by atoms with Gasteiger partial charge in [-0.2, -0.15) is 0 Å². The fourth-order valence-corrected chi connectivity index (χ4v) is 3.67. The van der Waals surface area contributed by atoms with Crippen LogP contribution in [0.4, 0.5) is 5.69 Å². The molecule has 0 aromatic heterocycles. The standard InChI is InChI=1S/C18H26N2O/c1-12-5-3-4-6-16(12)19-11-18(21)14-7-8-17-15(10-14)9-13(2)20-17/h7-8,10,12-13,16,19-20H,3-6,9,11H2,1-2H3. The molecule has 0 amide bonds. The summed E-state index contributed by atoms with van der Waals surface area (Å²) in [6.45, 7) is 4.94. The Morgan fingerprint density at radius 2 is 2.10 bits per heavy atom. The number of anilines is 1. The Hall–Kier alpha value is -1.35. The molecule has 0 spiro atoms. The van der Waals surface area contributed by atoms with Crippen molar-refractivity contribution in [3.05, 3.63) is 29.3 Å². The lowest BCUT2D eigenvalue weighted by atomic mass is 9.86. The highest BCUT2D eigenvalue weighted by molar-refractivity contribution is 5.98. The van der Waals surface area contributed by atoms with Crippen LogP contribution in [-0.4, -0.2) is 24.4 Å². The van der Waals surface area contributed by atoms with E-state index in [1.54, 1.807) is 0 Å². The van der Waals surface area contributed by atoms with Crippen LogP contribution in [0.5, 0.6) is 0 Å². The number of fused-ring (bicyclic) bond motifs is 1. The van der Waals surface area contributed by atoms with Crippen LogP contribution in [0.25, 0.3) is 0 Å². The zero-order chi connectivity index (χ0) is 14.8. The number of hydrogen-bond acceptors (Lipinski definition) is 3. The second-order valence-electron chi connectivity index (χ2n) is 6.79. The van der Waals surface area contributed by atoms with Crippen LogP contribution < -0.4 is 10.6 Å². The number of carbonyl (C=O) groups excluding carboxylic acids is 1. The quantitative estimate of drug-likeness (QED) is 0.834. The molecule has 1 aromatic rings. The Kier molecular flexibility index (Phi) is 4.29. The molecule has 3 atom stereocenters. The zero-order valence-electron chi connectivity index (χ0n) is 13.1. The normalized spacial score (nSPS) is 28.0. The van der Waals surface area contributed by atoms with Crippen molar-refractivity contribution in [1.29, 1.82) is 0 Å². The molecule has 114 valence electrons. The predicted molar refractivity (Wildman–Crippen MR) is 87.0 cm³/mol. The van der Waals surface area contributed by atoms with Gasteiger partial charge in [0.2, 0.25) is 0 Å². The van der Waals surface area contributed by atoms with Crippen molar-refractivity contribution >= 4 is 11.5 Å². The van der Waals surface area contributed by atoms with Gasteiger partial charge in [-0.05, 0) is 55.9 Å². The zero-order valence-corrected chi connectivity index (χ0v) is 13.1. The molecular formula is C18H26N2O. The van der Waals surface area contributed by atoms with Gasteiger partial charge in [0.05, 0.1) is 6.54 Å². The monoisotopic (exact) mass is 286 g/mol. The molecule has 0 bridgehead atoms. The van der Waals surface area contributed by atoms with Gasteiger partial charge in [-0.3, -0.25) is 4.79 Å². The molecule has 0 saturated heterocycles. The van der Waals surface area contributed by atoms with Crippen molar-refractivity contribution in [2.45, 2.75) is 58.0 Å². The Bertz CT molecular complexity index is 526. The van der Waals surface area contributed by atoms with Crippen molar-refractivity contribution in [2.24, 2.45) is 5.92 Å². The minimum atomic E-state index is 0.218. The molecule has 1 heterocycles. The van der Waals surface area contributed by atoms with E-state index in [1.165, 1.54) is 36.9 Å². The molecule has 1 fully saturated rings. The minimum absolute atomic E-state index is 0.218. The Balaban J connectivity index is 1.59. The third-order valence-corrected chi connectivity index (χ3v) is 4.99. The molecule has 21 heavy (non-hydrogen) atoms. The largest absolute Gasteiger partial charge is 0.382 e. The third kappa shape index (κ3) is 3.29. The summed E-state index contributed by atoms with van der Waals surface area (Å²) in [5.41, 5.74) is 3.31. The summed E-state index contributed by atoms with van der Waals surface area (Å²) in [6.07, 6.45) is 6.14. The number of carbonyl (C=O) groups is 1. The van der Waals surface area contributed by atoms with Crippen molar-refractivity contribution in [3.8, 4) is 0 Å². The van der Waals surface area contributed by atoms with E-state index in [1.807, 2.05) is 6.07 Å². The van der Waals surface area contributed by atoms with Gasteiger partial charge in [0, 0.05) is 23.3 Å². The van der Waals surface area contributed by atoms with Gasteiger partial charge < -0.3 is 10.6 Å². The van der Waals surface area contributed by atoms with Crippen LogP contribution in [-0.2, 0) is 6.42 Å². The predicted octanol–water partition coefficient (Wildman–Crippen LogP) is 3.39. The summed E-state index contributed by atoms with van der Waals surface area (Å²) < 4.78 is 0. The summed E-state index contributed by atoms with van der Waals surface area (Å²) in [4.78, 5) is 12.4. The van der Waals surface area contributed by atoms with Crippen LogP contribution in [0.15, 0.2) is 18.2 Å². The van der Waals surface area contributed by atoms with E-state index in [0.717, 1.165) is 12.0 Å². The first-order chi connectivity index (χ1) is 10.1. The van der Waals surface area contributed by atoms with Gasteiger partial charge >= 0.3 is 0 Å². The smallest absolute Gasteiger partial charge is 0.176 e. The highest BCUT2D eigenvalue weighted by Gasteiger charge is 2.22. The number of benzene rings is 1. The molecule has 0 radical (unpaired) electrons. The average Bonchev–Trinajstić information content (AvgIpc) is 2.85. The molecule has 1 aliphatic carbocycles. The maximum atomic E-state index is 12.4. The van der Waals surface area contributed by atoms with E-state index in [2.05, 4.69) is 36.6 Å². The van der Waals surface area contributed by atoms with Crippen LogP contribution in [0.1, 0.15) is 55.5 Å². The summed E-state index contributed by atoms with van der Waals surface area (Å²) in [5, 5.41) is 6.91. The van der Waals surface area contributed by atoms with Crippen LogP contribution in [0.2, 0.25) is 0 Å². The van der Waals surface area contributed by atoms with Gasteiger partial charge in [0.15, 0.2) is 5.78 Å². The second-order valence-corrected chi connectivity index (χ2v) is 6.79. The fourth-order valence-electron chi connectivity index (χ4n) is 3.67. The SMILES string of the molecule is CC1Cc2cc(C(=O)CNC3CCCCC3C)ccc2N1. The van der Waals surface area contributed by atoms with E-state index >= 15 is 0 Å². The molecule has 3 rings (SSSR count). The minimum Gasteiger partial charge on any atom is -0.382 e. The third-order valence-electron chi connectivity index (χ3n) is 4.99. The van der Waals surface area contributed by atoms with Gasteiger partial charge in [0.25, 0.3) is 0 Å². The Morgan fingerprint density at radius 3 is 2.90 bits per heavy atom. The number of Topliss-reactive ketones (excluding diaryl/α,β-unsaturated/α-hetero) is 1. The number of ketones is 1. The first-order valence-corrected chi connectivity index (χ1v) is 8.29. The Labute approximate surface area is 127 Å². The van der Waals surface area contributed by atoms with Gasteiger partial charge in [-0.15, -0.1) is 0 Å². The van der Waals surface area contributed by atoms with E-state index < -0.39 is 0 Å². The molecule has 2 aliphatic rings. The lowest BCUT2D eigenvalue weighted by Crippen LogP contribution is -2.40. The summed E-state index contributed by atoms with van der Waals surface area (Å²) in [7, 11) is 0. The van der Waals surface area contributed by atoms with Gasteiger partial charge in [0.1, 0.15) is 0 Å². The summed E-state index contributed by atoms with van der Waals surface area (Å²) in [6, 6.07) is 7.07. The fraction of sp³-hybridized carbons (Fsp3) is 0.611.